The largest absolute Gasteiger partial charge is 0.331 e. The number of imide groups is 2. The van der Waals surface area contributed by atoms with E-state index in [1.807, 2.05) is 12.2 Å². The van der Waals surface area contributed by atoms with Crippen LogP contribution in [0.5, 0.6) is 0 Å². The number of hydrogen-bond donors (Lipinski definition) is 1. The summed E-state index contributed by atoms with van der Waals surface area (Å²) in [7, 11) is 0. The average molecular weight is 230 g/mol. The summed E-state index contributed by atoms with van der Waals surface area (Å²) in [6.45, 7) is 3.82. The number of nitrogens with zero attached hydrogens (tertiary/aromatic N) is 1. The van der Waals surface area contributed by atoms with Crippen LogP contribution in [-0.2, 0) is 9.59 Å². The van der Waals surface area contributed by atoms with Crippen LogP contribution in [-0.4, -0.2) is 40.3 Å². The summed E-state index contributed by atoms with van der Waals surface area (Å²) in [6.07, 6.45) is 0.713. The van der Waals surface area contributed by atoms with Crippen LogP contribution < -0.4 is 5.32 Å². The van der Waals surface area contributed by atoms with Gasteiger partial charge in [0.1, 0.15) is 0 Å². The number of nitrogens with one attached hydrogen (secondary N) is 1. The lowest BCUT2D eigenvalue weighted by Gasteiger charge is -2.19. The third-order valence-corrected chi connectivity index (χ3v) is 3.11. The van der Waals surface area contributed by atoms with Crippen LogP contribution in [0.2, 0.25) is 0 Å². The fraction of sp³-hybridized carbons (Fsp3) is 0.667. The Labute approximate surface area is 92.6 Å². The highest BCUT2D eigenvalue weighted by Crippen LogP contribution is 2.12. The highest BCUT2D eigenvalue weighted by molar-refractivity contribution is 7.99. The molecule has 15 heavy (non-hydrogen) atoms. The van der Waals surface area contributed by atoms with Crippen molar-refractivity contribution >= 4 is 29.6 Å². The van der Waals surface area contributed by atoms with E-state index >= 15 is 0 Å². The number of carbonyl (C=O) groups excluding carboxylic acids is 3. The van der Waals surface area contributed by atoms with Gasteiger partial charge >= 0.3 is 17.8 Å². The van der Waals surface area contributed by atoms with Crippen molar-refractivity contribution in [3.05, 3.63) is 0 Å². The SMILES string of the molecule is CCSCCC(C)N1C(=O)NC(=O)C1=O. The van der Waals surface area contributed by atoms with Gasteiger partial charge in [-0.3, -0.25) is 19.8 Å². The molecule has 1 fully saturated rings. The van der Waals surface area contributed by atoms with Gasteiger partial charge in [-0.05, 0) is 24.9 Å². The summed E-state index contributed by atoms with van der Waals surface area (Å²) in [6, 6.07) is -0.818. The lowest BCUT2D eigenvalue weighted by Crippen LogP contribution is -2.39. The number of urea groups is 1. The molecule has 1 unspecified atom stereocenters. The number of amides is 4. The molecule has 1 aliphatic heterocycles. The molecule has 0 spiro atoms. The second-order valence-electron chi connectivity index (χ2n) is 3.27. The molecule has 1 heterocycles. The monoisotopic (exact) mass is 230 g/mol. The Balaban J connectivity index is 2.51. The van der Waals surface area contributed by atoms with E-state index in [9.17, 15) is 14.4 Å². The molecule has 1 atom stereocenters. The smallest absolute Gasteiger partial charge is 0.269 e. The molecule has 0 aromatic carbocycles. The van der Waals surface area contributed by atoms with Gasteiger partial charge in [0.15, 0.2) is 0 Å². The summed E-state index contributed by atoms with van der Waals surface area (Å²) in [5.74, 6) is 0.318. The van der Waals surface area contributed by atoms with E-state index < -0.39 is 17.8 Å². The third-order valence-electron chi connectivity index (χ3n) is 2.18. The van der Waals surface area contributed by atoms with E-state index in [0.717, 1.165) is 16.4 Å². The maximum absolute atomic E-state index is 11.3. The van der Waals surface area contributed by atoms with Crippen LogP contribution >= 0.6 is 11.8 Å². The van der Waals surface area contributed by atoms with Crippen LogP contribution in [0.4, 0.5) is 4.79 Å². The number of thioether (sulfide) groups is 1. The predicted octanol–water partition coefficient (Wildman–Crippen LogP) is 0.596. The molecule has 0 aliphatic carbocycles. The van der Waals surface area contributed by atoms with E-state index in [2.05, 4.69) is 0 Å². The molecule has 4 amide bonds. The van der Waals surface area contributed by atoms with Gasteiger partial charge in [0.2, 0.25) is 0 Å². The molecule has 0 aromatic heterocycles. The average Bonchev–Trinajstić information content (AvgIpc) is 2.41. The Bertz CT molecular complexity index is 293. The summed E-state index contributed by atoms with van der Waals surface area (Å²) < 4.78 is 0. The van der Waals surface area contributed by atoms with E-state index in [4.69, 9.17) is 0 Å². The van der Waals surface area contributed by atoms with Crippen molar-refractivity contribution in [2.75, 3.05) is 11.5 Å². The van der Waals surface area contributed by atoms with Crippen molar-refractivity contribution in [2.45, 2.75) is 26.3 Å². The molecule has 84 valence electrons. The Morgan fingerprint density at radius 1 is 1.40 bits per heavy atom. The first-order chi connectivity index (χ1) is 7.07. The van der Waals surface area contributed by atoms with Gasteiger partial charge in [-0.15, -0.1) is 0 Å². The standard InChI is InChI=1S/C9H14N2O3S/c1-3-15-5-4-6(2)11-8(13)7(12)10-9(11)14/h6H,3-5H2,1-2H3,(H,10,12,14). The second kappa shape index (κ2) is 5.16. The van der Waals surface area contributed by atoms with Crippen molar-refractivity contribution in [3.8, 4) is 0 Å². The first-order valence-electron chi connectivity index (χ1n) is 4.84. The van der Waals surface area contributed by atoms with E-state index in [1.54, 1.807) is 18.7 Å². The summed E-state index contributed by atoms with van der Waals surface area (Å²) in [5, 5.41) is 1.98. The van der Waals surface area contributed by atoms with Gasteiger partial charge < -0.3 is 0 Å². The highest BCUT2D eigenvalue weighted by Gasteiger charge is 2.39. The summed E-state index contributed by atoms with van der Waals surface area (Å²) >= 11 is 1.74. The normalized spacial score (nSPS) is 18.3. The summed E-state index contributed by atoms with van der Waals surface area (Å²) in [4.78, 5) is 34.4. The van der Waals surface area contributed by atoms with Crippen molar-refractivity contribution in [1.82, 2.24) is 10.2 Å². The minimum Gasteiger partial charge on any atom is -0.269 e. The minimum atomic E-state index is -0.824. The highest BCUT2D eigenvalue weighted by atomic mass is 32.2. The van der Waals surface area contributed by atoms with Gasteiger partial charge in [0.25, 0.3) is 0 Å². The number of carbonyl (C=O) groups is 3. The van der Waals surface area contributed by atoms with Gasteiger partial charge in [0, 0.05) is 6.04 Å². The molecule has 1 N–H and O–H groups in total. The first kappa shape index (κ1) is 12.0. The molecule has 5 nitrogen and oxygen atoms in total. The van der Waals surface area contributed by atoms with Gasteiger partial charge in [-0.1, -0.05) is 6.92 Å². The van der Waals surface area contributed by atoms with Crippen molar-refractivity contribution in [3.63, 3.8) is 0 Å². The molecule has 1 aliphatic rings. The lowest BCUT2D eigenvalue weighted by molar-refractivity contribution is -0.140. The Morgan fingerprint density at radius 3 is 2.53 bits per heavy atom. The van der Waals surface area contributed by atoms with Gasteiger partial charge in [0.05, 0.1) is 0 Å². The Kier molecular flexibility index (Phi) is 4.14. The van der Waals surface area contributed by atoms with E-state index in [0.29, 0.717) is 6.42 Å². The van der Waals surface area contributed by atoms with E-state index in [-0.39, 0.29) is 6.04 Å². The molecule has 6 heteroatoms. The van der Waals surface area contributed by atoms with Crippen LogP contribution in [0.15, 0.2) is 0 Å². The van der Waals surface area contributed by atoms with E-state index in [1.165, 1.54) is 0 Å². The third kappa shape index (κ3) is 2.71. The zero-order chi connectivity index (χ0) is 11.4. The molecule has 0 aromatic rings. The maximum Gasteiger partial charge on any atom is 0.331 e. The van der Waals surface area contributed by atoms with Crippen LogP contribution in [0.25, 0.3) is 0 Å². The summed E-state index contributed by atoms with van der Waals surface area (Å²) in [5.41, 5.74) is 0. The minimum absolute atomic E-state index is 0.219. The first-order valence-corrected chi connectivity index (χ1v) is 5.99. The van der Waals surface area contributed by atoms with Crippen molar-refractivity contribution < 1.29 is 14.4 Å². The van der Waals surface area contributed by atoms with Crippen LogP contribution in [0.3, 0.4) is 0 Å². The van der Waals surface area contributed by atoms with Gasteiger partial charge in [-0.2, -0.15) is 11.8 Å². The molecule has 0 radical (unpaired) electrons. The van der Waals surface area contributed by atoms with Crippen LogP contribution in [0, 0.1) is 0 Å². The molecule has 1 rings (SSSR count). The maximum atomic E-state index is 11.3. The fourth-order valence-corrected chi connectivity index (χ4v) is 2.14. The molecule has 0 bridgehead atoms. The van der Waals surface area contributed by atoms with Crippen molar-refractivity contribution in [2.24, 2.45) is 0 Å². The predicted molar refractivity (Wildman–Crippen MR) is 57.5 cm³/mol. The topological polar surface area (TPSA) is 66.5 Å². The quantitative estimate of drug-likeness (QED) is 0.426. The van der Waals surface area contributed by atoms with Crippen molar-refractivity contribution in [1.29, 1.82) is 0 Å². The Morgan fingerprint density at radius 2 is 2.07 bits per heavy atom. The van der Waals surface area contributed by atoms with Crippen LogP contribution in [0.1, 0.15) is 20.3 Å². The van der Waals surface area contributed by atoms with Gasteiger partial charge in [-0.25, -0.2) is 4.79 Å². The zero-order valence-electron chi connectivity index (χ0n) is 8.78. The zero-order valence-corrected chi connectivity index (χ0v) is 9.60. The fourth-order valence-electron chi connectivity index (χ4n) is 1.34. The molecular weight excluding hydrogens is 216 g/mol. The lowest BCUT2D eigenvalue weighted by atomic mass is 10.2. The Hall–Kier alpha value is -1.04. The second-order valence-corrected chi connectivity index (χ2v) is 4.66. The molecular formula is C9H14N2O3S. The molecule has 1 saturated heterocycles. The molecule has 0 saturated carbocycles. The number of hydrogen-bond acceptors (Lipinski definition) is 4. The number of rotatable bonds is 5.